The maximum Gasteiger partial charge on any atom is 0.0402 e. The Balaban J connectivity index is 2.70. The molecule has 89 valence electrons. The highest BCUT2D eigenvalue weighted by Crippen LogP contribution is 2.19. The zero-order chi connectivity index (χ0) is 11.8. The molecule has 0 fully saturated rings. The lowest BCUT2D eigenvalue weighted by Crippen LogP contribution is -2.26. The molecule has 0 atom stereocenters. The second-order valence-electron chi connectivity index (χ2n) is 4.37. The van der Waals surface area contributed by atoms with Gasteiger partial charge in [-0.2, -0.15) is 0 Å². The van der Waals surface area contributed by atoms with Gasteiger partial charge in [0.05, 0.1) is 0 Å². The van der Waals surface area contributed by atoms with Crippen molar-refractivity contribution in [1.82, 2.24) is 0 Å². The highest BCUT2D eigenvalue weighted by molar-refractivity contribution is 5.52. The first-order chi connectivity index (χ1) is 7.79. The molecule has 0 heterocycles. The quantitative estimate of drug-likeness (QED) is 0.663. The van der Waals surface area contributed by atoms with E-state index in [-0.39, 0.29) is 0 Å². The fourth-order valence-electron chi connectivity index (χ4n) is 1.90. The molecule has 0 aromatic heterocycles. The molecule has 1 radical (unpaired) electrons. The summed E-state index contributed by atoms with van der Waals surface area (Å²) in [5.74, 6) is 0. The summed E-state index contributed by atoms with van der Waals surface area (Å²) in [4.78, 5) is 2.51. The van der Waals surface area contributed by atoms with Crippen molar-refractivity contribution in [1.29, 1.82) is 0 Å². The number of nitrogens with zero attached hydrogens (tertiary/aromatic N) is 1. The molecule has 0 unspecified atom stereocenters. The predicted octanol–water partition coefficient (Wildman–Crippen LogP) is 4.20. The Morgan fingerprint density at radius 3 is 2.25 bits per heavy atom. The van der Waals surface area contributed by atoms with Gasteiger partial charge in [-0.15, -0.1) is 0 Å². The number of hydrogen-bond acceptors (Lipinski definition) is 1. The van der Waals surface area contributed by atoms with Crippen LogP contribution in [-0.2, 0) is 0 Å². The molecule has 0 saturated heterocycles. The second kappa shape index (κ2) is 7.32. The van der Waals surface area contributed by atoms with Crippen molar-refractivity contribution in [3.8, 4) is 0 Å². The van der Waals surface area contributed by atoms with Gasteiger partial charge < -0.3 is 4.90 Å². The molecule has 0 spiro atoms. The molecule has 0 saturated carbocycles. The molecule has 16 heavy (non-hydrogen) atoms. The largest absolute Gasteiger partial charge is 0.371 e. The highest BCUT2D eigenvalue weighted by atomic mass is 15.1. The fraction of sp³-hybridized carbons (Fsp3) is 0.600. The van der Waals surface area contributed by atoms with Crippen LogP contribution in [0.3, 0.4) is 0 Å². The minimum absolute atomic E-state index is 1.18. The third-order valence-corrected chi connectivity index (χ3v) is 2.94. The van der Waals surface area contributed by atoms with Crippen LogP contribution in [0.4, 0.5) is 5.69 Å². The Bertz CT molecular complexity index is 285. The summed E-state index contributed by atoms with van der Waals surface area (Å²) >= 11 is 0. The molecule has 1 aromatic carbocycles. The Hall–Kier alpha value is -0.980. The Kier molecular flexibility index (Phi) is 5.99. The van der Waals surface area contributed by atoms with Gasteiger partial charge in [0.1, 0.15) is 0 Å². The molecular weight excluding hydrogens is 194 g/mol. The van der Waals surface area contributed by atoms with Crippen molar-refractivity contribution in [3.05, 3.63) is 29.8 Å². The first-order valence-corrected chi connectivity index (χ1v) is 6.51. The van der Waals surface area contributed by atoms with Crippen molar-refractivity contribution in [2.45, 2.75) is 46.5 Å². The molecule has 1 nitrogen and oxygen atoms in total. The van der Waals surface area contributed by atoms with Crippen molar-refractivity contribution in [2.24, 2.45) is 0 Å². The summed E-state index contributed by atoms with van der Waals surface area (Å²) < 4.78 is 0. The summed E-state index contributed by atoms with van der Waals surface area (Å²) in [7, 11) is 0. The Labute approximate surface area is 100 Å². The highest BCUT2D eigenvalue weighted by Gasteiger charge is 2.07. The minimum Gasteiger partial charge on any atom is -0.371 e. The normalized spacial score (nSPS) is 10.4. The van der Waals surface area contributed by atoms with Crippen molar-refractivity contribution in [3.63, 3.8) is 0 Å². The smallest absolute Gasteiger partial charge is 0.0402 e. The van der Waals surface area contributed by atoms with Crippen LogP contribution in [0.5, 0.6) is 0 Å². The monoisotopic (exact) mass is 218 g/mol. The number of unbranched alkanes of at least 4 members (excludes halogenated alkanes) is 2. The number of aryl methyl sites for hydroxylation is 1. The van der Waals surface area contributed by atoms with Gasteiger partial charge in [-0.25, -0.2) is 0 Å². The third-order valence-electron chi connectivity index (χ3n) is 2.94. The average Bonchev–Trinajstić information content (AvgIpc) is 2.31. The molecule has 0 aliphatic heterocycles. The zero-order valence-electron chi connectivity index (χ0n) is 10.9. The summed E-state index contributed by atoms with van der Waals surface area (Å²) in [6.07, 6.45) is 5.08. The minimum atomic E-state index is 1.18. The van der Waals surface area contributed by atoms with Gasteiger partial charge in [0.25, 0.3) is 0 Å². The summed E-state index contributed by atoms with van der Waals surface area (Å²) in [6, 6.07) is 9.60. The molecule has 0 bridgehead atoms. The lowest BCUT2D eigenvalue weighted by Gasteiger charge is -2.26. The first kappa shape index (κ1) is 13.1. The van der Waals surface area contributed by atoms with E-state index < -0.39 is 0 Å². The first-order valence-electron chi connectivity index (χ1n) is 6.51. The summed E-state index contributed by atoms with van der Waals surface area (Å²) in [5, 5.41) is 0. The van der Waals surface area contributed by atoms with Crippen molar-refractivity contribution in [2.75, 3.05) is 18.0 Å². The van der Waals surface area contributed by atoms with E-state index in [4.69, 9.17) is 0 Å². The molecule has 0 amide bonds. The van der Waals surface area contributed by atoms with E-state index in [1.54, 1.807) is 0 Å². The maximum atomic E-state index is 3.29. The molecule has 1 aromatic rings. The molecule has 0 N–H and O–H groups in total. The van der Waals surface area contributed by atoms with Gasteiger partial charge in [0.2, 0.25) is 0 Å². The average molecular weight is 218 g/mol. The third kappa shape index (κ3) is 3.88. The van der Waals surface area contributed by atoms with Gasteiger partial charge in [0.15, 0.2) is 0 Å². The van der Waals surface area contributed by atoms with Crippen molar-refractivity contribution >= 4 is 5.69 Å². The van der Waals surface area contributed by atoms with Gasteiger partial charge in [-0.05, 0) is 37.5 Å². The standard InChI is InChI=1S/C15H24N/c1-4-6-12-16(13-7-5-2)15-11-9-8-10-14(15)3/h8-9,11H,4-7,12-13H2,1-3H3. The number of benzene rings is 1. The van der Waals surface area contributed by atoms with E-state index in [1.165, 1.54) is 50.0 Å². The van der Waals surface area contributed by atoms with Crippen LogP contribution in [0.2, 0.25) is 0 Å². The van der Waals surface area contributed by atoms with E-state index in [9.17, 15) is 0 Å². The lowest BCUT2D eigenvalue weighted by atomic mass is 10.1. The van der Waals surface area contributed by atoms with Crippen LogP contribution < -0.4 is 4.90 Å². The van der Waals surface area contributed by atoms with E-state index in [1.807, 2.05) is 6.07 Å². The maximum absolute atomic E-state index is 3.29. The van der Waals surface area contributed by atoms with Crippen LogP contribution in [0.25, 0.3) is 0 Å². The van der Waals surface area contributed by atoms with Gasteiger partial charge in [-0.3, -0.25) is 0 Å². The SMILES string of the molecule is CCCCN(CCCC)c1ccc[c]c1C. The molecule has 0 aliphatic rings. The summed E-state index contributed by atoms with van der Waals surface area (Å²) in [6.45, 7) is 9.01. The lowest BCUT2D eigenvalue weighted by molar-refractivity contribution is 0.676. The van der Waals surface area contributed by atoms with Crippen molar-refractivity contribution < 1.29 is 0 Å². The molecular formula is C15H24N. The van der Waals surface area contributed by atoms with E-state index in [0.717, 1.165) is 0 Å². The van der Waals surface area contributed by atoms with Crippen LogP contribution in [-0.4, -0.2) is 13.1 Å². The van der Waals surface area contributed by atoms with Crippen LogP contribution >= 0.6 is 0 Å². The Morgan fingerprint density at radius 2 is 1.75 bits per heavy atom. The number of hydrogen-bond donors (Lipinski definition) is 0. The zero-order valence-corrected chi connectivity index (χ0v) is 10.9. The molecule has 1 rings (SSSR count). The van der Waals surface area contributed by atoms with Crippen LogP contribution in [0.1, 0.15) is 45.1 Å². The van der Waals surface area contributed by atoms with E-state index >= 15 is 0 Å². The van der Waals surface area contributed by atoms with Gasteiger partial charge in [-0.1, -0.05) is 38.8 Å². The van der Waals surface area contributed by atoms with E-state index in [2.05, 4.69) is 43.9 Å². The molecule has 1 heteroatoms. The van der Waals surface area contributed by atoms with Gasteiger partial charge >= 0.3 is 0 Å². The second-order valence-corrected chi connectivity index (χ2v) is 4.37. The van der Waals surface area contributed by atoms with E-state index in [0.29, 0.717) is 0 Å². The van der Waals surface area contributed by atoms with Crippen LogP contribution in [0.15, 0.2) is 18.2 Å². The number of anilines is 1. The Morgan fingerprint density at radius 1 is 1.12 bits per heavy atom. The van der Waals surface area contributed by atoms with Crippen LogP contribution in [0, 0.1) is 13.0 Å². The predicted molar refractivity (Wildman–Crippen MR) is 72.0 cm³/mol. The fourth-order valence-corrected chi connectivity index (χ4v) is 1.90. The molecule has 0 aliphatic carbocycles. The topological polar surface area (TPSA) is 3.24 Å². The van der Waals surface area contributed by atoms with Gasteiger partial charge in [0, 0.05) is 18.8 Å². The summed E-state index contributed by atoms with van der Waals surface area (Å²) in [5.41, 5.74) is 2.64. The number of rotatable bonds is 7.